The molecule has 36 heavy (non-hydrogen) atoms. The Balaban J connectivity index is 1.32. The number of alkyl halides is 3. The van der Waals surface area contributed by atoms with E-state index in [9.17, 15) is 22.4 Å². The number of amides is 1. The number of carbonyl (C=O) groups is 1. The molecule has 0 saturated carbocycles. The van der Waals surface area contributed by atoms with Gasteiger partial charge in [-0.05, 0) is 86.0 Å². The van der Waals surface area contributed by atoms with E-state index in [1.54, 1.807) is 6.07 Å². The molecule has 2 aliphatic rings. The molecule has 2 fully saturated rings. The monoisotopic (exact) mass is 506 g/mol. The Morgan fingerprint density at radius 3 is 2.39 bits per heavy atom. The zero-order valence-electron chi connectivity index (χ0n) is 20.8. The Hall–Kier alpha value is -2.45. The van der Waals surface area contributed by atoms with Gasteiger partial charge in [-0.15, -0.1) is 0 Å². The third kappa shape index (κ3) is 5.92. The second kappa shape index (κ2) is 10.9. The lowest BCUT2D eigenvalue weighted by Crippen LogP contribution is -2.58. The highest BCUT2D eigenvalue weighted by molar-refractivity contribution is 5.85. The summed E-state index contributed by atoms with van der Waals surface area (Å²) in [5.74, 6) is -0.154. The quantitative estimate of drug-likeness (QED) is 0.495. The van der Waals surface area contributed by atoms with Crippen LogP contribution in [0.4, 0.5) is 17.6 Å². The molecule has 4 nitrogen and oxygen atoms in total. The SMILES string of the molecule is CC(C)[C@]1(C(=O)NCc2cccc(C(F)(F)F)c2)CC[C@@H](N2CCC(c3ccc(F)cc3)CC2)CO1. The molecule has 2 aromatic rings. The molecule has 2 atom stereocenters. The first kappa shape index (κ1) is 26.6. The van der Waals surface area contributed by atoms with Crippen molar-refractivity contribution in [3.63, 3.8) is 0 Å². The first-order valence-corrected chi connectivity index (χ1v) is 12.7. The Labute approximate surface area is 210 Å². The molecule has 4 rings (SSSR count). The van der Waals surface area contributed by atoms with E-state index in [1.807, 2.05) is 26.0 Å². The topological polar surface area (TPSA) is 41.6 Å². The van der Waals surface area contributed by atoms with Crippen LogP contribution in [0, 0.1) is 11.7 Å². The average Bonchev–Trinajstić information content (AvgIpc) is 2.87. The maximum atomic E-state index is 13.2. The lowest BCUT2D eigenvalue weighted by Gasteiger charge is -2.46. The fourth-order valence-electron chi connectivity index (χ4n) is 5.49. The Bertz CT molecular complexity index is 1020. The van der Waals surface area contributed by atoms with Crippen LogP contribution in [0.25, 0.3) is 0 Å². The summed E-state index contributed by atoms with van der Waals surface area (Å²) in [5.41, 5.74) is -0.153. The van der Waals surface area contributed by atoms with Crippen LogP contribution < -0.4 is 5.32 Å². The van der Waals surface area contributed by atoms with Gasteiger partial charge in [0.25, 0.3) is 5.91 Å². The summed E-state index contributed by atoms with van der Waals surface area (Å²) in [6.07, 6.45) is -1.06. The van der Waals surface area contributed by atoms with E-state index in [0.29, 0.717) is 24.5 Å². The van der Waals surface area contributed by atoms with E-state index in [4.69, 9.17) is 4.74 Å². The number of hydrogen-bond acceptors (Lipinski definition) is 3. The van der Waals surface area contributed by atoms with E-state index < -0.39 is 17.3 Å². The first-order chi connectivity index (χ1) is 17.1. The van der Waals surface area contributed by atoms with Crippen molar-refractivity contribution in [3.8, 4) is 0 Å². The van der Waals surface area contributed by atoms with Crippen LogP contribution >= 0.6 is 0 Å². The maximum Gasteiger partial charge on any atom is 0.416 e. The van der Waals surface area contributed by atoms with Crippen molar-refractivity contribution < 1.29 is 27.1 Å². The largest absolute Gasteiger partial charge is 0.416 e. The summed E-state index contributed by atoms with van der Waals surface area (Å²) in [5, 5.41) is 2.82. The van der Waals surface area contributed by atoms with E-state index >= 15 is 0 Å². The third-order valence-corrected chi connectivity index (χ3v) is 7.79. The minimum Gasteiger partial charge on any atom is -0.363 e. The highest BCUT2D eigenvalue weighted by Gasteiger charge is 2.46. The second-order valence-corrected chi connectivity index (χ2v) is 10.3. The number of halogens is 4. The van der Waals surface area contributed by atoms with Gasteiger partial charge in [0.1, 0.15) is 11.4 Å². The van der Waals surface area contributed by atoms with Crippen molar-refractivity contribution in [2.24, 2.45) is 5.92 Å². The summed E-state index contributed by atoms with van der Waals surface area (Å²) < 4.78 is 58.5. The van der Waals surface area contributed by atoms with Gasteiger partial charge in [0, 0.05) is 12.6 Å². The number of piperidine rings is 1. The highest BCUT2D eigenvalue weighted by atomic mass is 19.4. The van der Waals surface area contributed by atoms with Crippen molar-refractivity contribution in [1.29, 1.82) is 0 Å². The molecule has 2 saturated heterocycles. The summed E-state index contributed by atoms with van der Waals surface area (Å²) in [7, 11) is 0. The van der Waals surface area contributed by atoms with Crippen LogP contribution in [0.2, 0.25) is 0 Å². The van der Waals surface area contributed by atoms with Gasteiger partial charge in [0.15, 0.2) is 0 Å². The smallest absolute Gasteiger partial charge is 0.363 e. The van der Waals surface area contributed by atoms with E-state index in [1.165, 1.54) is 23.8 Å². The molecule has 1 amide bonds. The molecule has 196 valence electrons. The van der Waals surface area contributed by atoms with Gasteiger partial charge in [-0.2, -0.15) is 13.2 Å². The number of rotatable bonds is 6. The van der Waals surface area contributed by atoms with Crippen molar-refractivity contribution in [3.05, 3.63) is 71.0 Å². The molecule has 0 radical (unpaired) electrons. The van der Waals surface area contributed by atoms with Gasteiger partial charge in [0.05, 0.1) is 12.2 Å². The lowest BCUT2D eigenvalue weighted by atomic mass is 9.80. The van der Waals surface area contributed by atoms with Crippen LogP contribution in [0.5, 0.6) is 0 Å². The maximum absolute atomic E-state index is 13.2. The van der Waals surface area contributed by atoms with Crippen LogP contribution in [0.1, 0.15) is 62.1 Å². The number of hydrogen-bond donors (Lipinski definition) is 1. The molecule has 0 spiro atoms. The van der Waals surface area contributed by atoms with E-state index in [0.717, 1.165) is 44.5 Å². The van der Waals surface area contributed by atoms with Crippen LogP contribution in [-0.2, 0) is 22.3 Å². The number of likely N-dealkylation sites (tertiary alicyclic amines) is 1. The fraction of sp³-hybridized carbons (Fsp3) is 0.536. The van der Waals surface area contributed by atoms with Crippen LogP contribution in [0.15, 0.2) is 48.5 Å². The Morgan fingerprint density at radius 1 is 1.11 bits per heavy atom. The van der Waals surface area contributed by atoms with Crippen LogP contribution in [-0.4, -0.2) is 42.1 Å². The van der Waals surface area contributed by atoms with Crippen molar-refractivity contribution >= 4 is 5.91 Å². The van der Waals surface area contributed by atoms with Gasteiger partial charge in [0.2, 0.25) is 0 Å². The zero-order valence-corrected chi connectivity index (χ0v) is 20.8. The summed E-state index contributed by atoms with van der Waals surface area (Å²) in [6, 6.07) is 12.0. The Kier molecular flexibility index (Phi) is 8.05. The normalized spacial score (nSPS) is 24.1. The first-order valence-electron chi connectivity index (χ1n) is 12.7. The van der Waals surface area contributed by atoms with Gasteiger partial charge in [-0.3, -0.25) is 9.69 Å². The van der Waals surface area contributed by atoms with Crippen molar-refractivity contribution in [1.82, 2.24) is 10.2 Å². The molecule has 0 aromatic heterocycles. The molecule has 1 N–H and O–H groups in total. The lowest BCUT2D eigenvalue weighted by molar-refractivity contribution is -0.170. The predicted molar refractivity (Wildman–Crippen MR) is 130 cm³/mol. The third-order valence-electron chi connectivity index (χ3n) is 7.79. The van der Waals surface area contributed by atoms with E-state index in [-0.39, 0.29) is 30.2 Å². The number of nitrogens with one attached hydrogen (secondary N) is 1. The van der Waals surface area contributed by atoms with Crippen molar-refractivity contribution in [2.45, 2.75) is 69.8 Å². The molecule has 0 bridgehead atoms. The van der Waals surface area contributed by atoms with Crippen LogP contribution in [0.3, 0.4) is 0 Å². The summed E-state index contributed by atoms with van der Waals surface area (Å²) in [4.78, 5) is 15.6. The average molecular weight is 507 g/mol. The van der Waals surface area contributed by atoms with Gasteiger partial charge < -0.3 is 10.1 Å². The fourth-order valence-corrected chi connectivity index (χ4v) is 5.49. The van der Waals surface area contributed by atoms with Gasteiger partial charge >= 0.3 is 6.18 Å². The predicted octanol–water partition coefficient (Wildman–Crippen LogP) is 5.91. The highest BCUT2D eigenvalue weighted by Crippen LogP contribution is 2.36. The second-order valence-electron chi connectivity index (χ2n) is 10.3. The van der Waals surface area contributed by atoms with Crippen molar-refractivity contribution in [2.75, 3.05) is 19.7 Å². The molecule has 2 aromatic carbocycles. The molecule has 0 aliphatic carbocycles. The molecule has 8 heteroatoms. The Morgan fingerprint density at radius 2 is 1.81 bits per heavy atom. The van der Waals surface area contributed by atoms with E-state index in [2.05, 4.69) is 10.2 Å². The minimum atomic E-state index is -4.42. The summed E-state index contributed by atoms with van der Waals surface area (Å²) >= 11 is 0. The van der Waals surface area contributed by atoms with Gasteiger partial charge in [-0.25, -0.2) is 4.39 Å². The van der Waals surface area contributed by atoms with Gasteiger partial charge in [-0.1, -0.05) is 38.1 Å². The molecule has 2 heterocycles. The number of ether oxygens (including phenoxy) is 1. The standard InChI is InChI=1S/C28H34F4N2O2/c1-19(2)27(26(35)33-17-20-4-3-5-23(16-20)28(30,31)32)13-10-25(18-36-27)34-14-11-22(12-15-34)21-6-8-24(29)9-7-21/h3-9,16,19,22,25H,10-15,17-18H2,1-2H3,(H,33,35)/t25-,27+/m1/s1. The molecule has 2 aliphatic heterocycles. The number of nitrogens with zero attached hydrogens (tertiary/aromatic N) is 1. The number of carbonyl (C=O) groups excluding carboxylic acids is 1. The minimum absolute atomic E-state index is 0.0148. The molecule has 0 unspecified atom stereocenters. The summed E-state index contributed by atoms with van der Waals surface area (Å²) in [6.45, 7) is 6.19. The molecular weight excluding hydrogens is 472 g/mol. The number of benzene rings is 2. The zero-order chi connectivity index (χ0) is 25.9. The molecular formula is C28H34F4N2O2.